The molecule has 0 unspecified atom stereocenters. The lowest BCUT2D eigenvalue weighted by atomic mass is 10.3. The normalized spacial score (nSPS) is 11.6. The third-order valence-corrected chi connectivity index (χ3v) is 1.84. The molecule has 0 spiro atoms. The van der Waals surface area contributed by atoms with Gasteiger partial charge in [-0.05, 0) is 28.1 Å². The topological polar surface area (TPSA) is 9.23 Å². The van der Waals surface area contributed by atoms with Crippen LogP contribution in [-0.2, 0) is 0 Å². The Hall–Kier alpha value is -0.850. The molecule has 0 aromatic heterocycles. The molecule has 0 bridgehead atoms. The quantitative estimate of drug-likeness (QED) is 0.562. The Morgan fingerprint density at radius 2 is 1.64 bits per heavy atom. The average Bonchev–Trinajstić information content (AvgIpc) is 2.04. The fourth-order valence-electron chi connectivity index (χ4n) is 0.712. The lowest BCUT2D eigenvalue weighted by Gasteiger charge is -2.09. The van der Waals surface area contributed by atoms with Gasteiger partial charge >= 0.3 is 6.36 Å². The predicted molar refractivity (Wildman–Crippen MR) is 40.7 cm³/mol. The molecule has 0 saturated heterocycles. The molecule has 0 amide bonds. The van der Waals surface area contributed by atoms with Crippen LogP contribution in [0.1, 0.15) is 0 Å². The molecule has 0 aliphatic carbocycles. The average molecular weight is 277 g/mol. The van der Waals surface area contributed by atoms with Crippen molar-refractivity contribution in [2.45, 2.75) is 6.36 Å². The Labute approximate surface area is 83.6 Å². The molecule has 0 atom stereocenters. The molecule has 14 heavy (non-hydrogen) atoms. The van der Waals surface area contributed by atoms with Crippen molar-refractivity contribution in [1.82, 2.24) is 0 Å². The van der Waals surface area contributed by atoms with E-state index in [2.05, 4.69) is 20.7 Å². The fourth-order valence-corrected chi connectivity index (χ4v) is 1.02. The van der Waals surface area contributed by atoms with Gasteiger partial charge in [0.2, 0.25) is 5.82 Å². The van der Waals surface area contributed by atoms with Crippen LogP contribution in [0.15, 0.2) is 16.6 Å². The summed E-state index contributed by atoms with van der Waals surface area (Å²) in [6.45, 7) is 0. The van der Waals surface area contributed by atoms with Gasteiger partial charge < -0.3 is 4.74 Å². The second kappa shape index (κ2) is 3.72. The largest absolute Gasteiger partial charge is 0.573 e. The summed E-state index contributed by atoms with van der Waals surface area (Å²) < 4.78 is 63.3. The standard InChI is InChI=1S/C7H2BrF5O/c8-3-1-2-4(6(10)5(3)9)14-7(11,12)13/h1-2H. The first-order valence-electron chi connectivity index (χ1n) is 3.20. The molecule has 0 aliphatic rings. The van der Waals surface area contributed by atoms with Crippen LogP contribution in [0.3, 0.4) is 0 Å². The van der Waals surface area contributed by atoms with Crippen LogP contribution in [-0.4, -0.2) is 6.36 Å². The summed E-state index contributed by atoms with van der Waals surface area (Å²) in [7, 11) is 0. The Balaban J connectivity index is 3.06. The molecule has 1 nitrogen and oxygen atoms in total. The monoisotopic (exact) mass is 276 g/mol. The first kappa shape index (κ1) is 11.2. The third-order valence-electron chi connectivity index (χ3n) is 1.23. The number of rotatable bonds is 1. The number of benzene rings is 1. The zero-order valence-corrected chi connectivity index (χ0v) is 7.92. The Morgan fingerprint density at radius 1 is 1.07 bits per heavy atom. The zero-order valence-electron chi connectivity index (χ0n) is 6.33. The summed E-state index contributed by atoms with van der Waals surface area (Å²) in [6, 6.07) is 1.59. The van der Waals surface area contributed by atoms with E-state index in [0.717, 1.165) is 6.07 Å². The van der Waals surface area contributed by atoms with Crippen molar-refractivity contribution >= 4 is 15.9 Å². The molecular formula is C7H2BrF5O. The van der Waals surface area contributed by atoms with Gasteiger partial charge in [-0.25, -0.2) is 4.39 Å². The van der Waals surface area contributed by atoms with E-state index in [1.165, 1.54) is 0 Å². The molecule has 0 radical (unpaired) electrons. The van der Waals surface area contributed by atoms with Crippen LogP contribution in [0.25, 0.3) is 0 Å². The van der Waals surface area contributed by atoms with Crippen LogP contribution >= 0.6 is 15.9 Å². The van der Waals surface area contributed by atoms with Gasteiger partial charge in [0.1, 0.15) is 0 Å². The fraction of sp³-hybridized carbons (Fsp3) is 0.143. The first-order chi connectivity index (χ1) is 6.31. The van der Waals surface area contributed by atoms with Gasteiger partial charge in [0, 0.05) is 0 Å². The minimum atomic E-state index is -5.04. The third kappa shape index (κ3) is 2.57. The van der Waals surface area contributed by atoms with Crippen LogP contribution in [0.4, 0.5) is 22.0 Å². The van der Waals surface area contributed by atoms with Crippen molar-refractivity contribution in [1.29, 1.82) is 0 Å². The van der Waals surface area contributed by atoms with Gasteiger partial charge in [-0.3, -0.25) is 0 Å². The Kier molecular flexibility index (Phi) is 2.98. The second-order valence-electron chi connectivity index (χ2n) is 2.22. The molecule has 0 N–H and O–H groups in total. The van der Waals surface area contributed by atoms with E-state index < -0.39 is 23.7 Å². The molecule has 0 heterocycles. The van der Waals surface area contributed by atoms with Crippen molar-refractivity contribution in [2.24, 2.45) is 0 Å². The minimum absolute atomic E-state index is 0.274. The number of hydrogen-bond acceptors (Lipinski definition) is 1. The lowest BCUT2D eigenvalue weighted by molar-refractivity contribution is -0.275. The second-order valence-corrected chi connectivity index (χ2v) is 3.08. The van der Waals surface area contributed by atoms with Gasteiger partial charge in [-0.2, -0.15) is 4.39 Å². The van der Waals surface area contributed by atoms with Crippen molar-refractivity contribution in [3.8, 4) is 5.75 Å². The van der Waals surface area contributed by atoms with E-state index in [0.29, 0.717) is 6.07 Å². The molecule has 0 saturated carbocycles. The maximum atomic E-state index is 12.8. The molecule has 1 rings (SSSR count). The molecule has 78 valence electrons. The van der Waals surface area contributed by atoms with Gasteiger partial charge in [0.15, 0.2) is 11.6 Å². The summed E-state index contributed by atoms with van der Waals surface area (Å²) in [4.78, 5) is 0. The summed E-state index contributed by atoms with van der Waals surface area (Å²) in [5.41, 5.74) is 0. The zero-order chi connectivity index (χ0) is 10.9. The van der Waals surface area contributed by atoms with Gasteiger partial charge in [-0.15, -0.1) is 13.2 Å². The van der Waals surface area contributed by atoms with Crippen molar-refractivity contribution in [2.75, 3.05) is 0 Å². The number of ether oxygens (including phenoxy) is 1. The molecule has 0 aliphatic heterocycles. The number of halogens is 6. The van der Waals surface area contributed by atoms with Gasteiger partial charge in [-0.1, -0.05) is 0 Å². The summed E-state index contributed by atoms with van der Waals surface area (Å²) >= 11 is 2.61. The summed E-state index contributed by atoms with van der Waals surface area (Å²) in [6.07, 6.45) is -5.04. The molecule has 1 aromatic rings. The van der Waals surface area contributed by atoms with Crippen molar-refractivity contribution in [3.05, 3.63) is 28.2 Å². The van der Waals surface area contributed by atoms with E-state index in [-0.39, 0.29) is 4.47 Å². The smallest absolute Gasteiger partial charge is 0.403 e. The van der Waals surface area contributed by atoms with E-state index in [4.69, 9.17) is 0 Å². The Bertz CT molecular complexity index is 349. The summed E-state index contributed by atoms with van der Waals surface area (Å²) in [5.74, 6) is -4.30. The highest BCUT2D eigenvalue weighted by molar-refractivity contribution is 9.10. The van der Waals surface area contributed by atoms with Crippen molar-refractivity contribution in [3.63, 3.8) is 0 Å². The molecular weight excluding hydrogens is 275 g/mol. The lowest BCUT2D eigenvalue weighted by Crippen LogP contribution is -2.18. The minimum Gasteiger partial charge on any atom is -0.403 e. The number of alkyl halides is 3. The van der Waals surface area contributed by atoms with Crippen LogP contribution in [0, 0.1) is 11.6 Å². The summed E-state index contributed by atoms with van der Waals surface area (Å²) in [5, 5.41) is 0. The molecule has 1 aromatic carbocycles. The van der Waals surface area contributed by atoms with E-state index >= 15 is 0 Å². The highest BCUT2D eigenvalue weighted by Gasteiger charge is 2.33. The van der Waals surface area contributed by atoms with Crippen molar-refractivity contribution < 1.29 is 26.7 Å². The van der Waals surface area contributed by atoms with Crippen LogP contribution in [0.5, 0.6) is 5.75 Å². The predicted octanol–water partition coefficient (Wildman–Crippen LogP) is 3.63. The number of hydrogen-bond donors (Lipinski definition) is 0. The van der Waals surface area contributed by atoms with E-state index in [1.54, 1.807) is 0 Å². The molecule has 0 fully saturated rings. The SMILES string of the molecule is Fc1c(Br)ccc(OC(F)(F)F)c1F. The van der Waals surface area contributed by atoms with Crippen LogP contribution < -0.4 is 4.74 Å². The maximum absolute atomic E-state index is 12.8. The Morgan fingerprint density at radius 3 is 2.14 bits per heavy atom. The first-order valence-corrected chi connectivity index (χ1v) is 4.00. The van der Waals surface area contributed by atoms with Crippen LogP contribution in [0.2, 0.25) is 0 Å². The molecule has 7 heteroatoms. The van der Waals surface area contributed by atoms with Gasteiger partial charge in [0.05, 0.1) is 4.47 Å². The van der Waals surface area contributed by atoms with E-state index in [9.17, 15) is 22.0 Å². The highest BCUT2D eigenvalue weighted by atomic mass is 79.9. The van der Waals surface area contributed by atoms with Gasteiger partial charge in [0.25, 0.3) is 0 Å². The maximum Gasteiger partial charge on any atom is 0.573 e. The van der Waals surface area contributed by atoms with E-state index in [1.807, 2.05) is 0 Å². The highest BCUT2D eigenvalue weighted by Crippen LogP contribution is 2.30.